The quantitative estimate of drug-likeness (QED) is 0.635. The van der Waals surface area contributed by atoms with E-state index < -0.39 is 11.1 Å². The Morgan fingerprint density at radius 1 is 1.21 bits per heavy atom. The first-order chi connectivity index (χ1) is 11.3. The topological polar surface area (TPSA) is 54.9 Å². The molecule has 24 heavy (non-hydrogen) atoms. The van der Waals surface area contributed by atoms with E-state index in [1.807, 2.05) is 25.1 Å². The van der Waals surface area contributed by atoms with Gasteiger partial charge in [0.15, 0.2) is 0 Å². The third-order valence-electron chi connectivity index (χ3n) is 4.04. The highest BCUT2D eigenvalue weighted by atomic mass is 79.9. The molecule has 0 saturated heterocycles. The number of fused-ring (bicyclic) bond motifs is 1. The van der Waals surface area contributed by atoms with Crippen molar-refractivity contribution >= 4 is 38.6 Å². The number of para-hydroxylation sites is 1. The Bertz CT molecular complexity index is 1070. The van der Waals surface area contributed by atoms with Crippen molar-refractivity contribution in [2.24, 2.45) is 0 Å². The van der Waals surface area contributed by atoms with Gasteiger partial charge < -0.3 is 4.98 Å². The Hall–Kier alpha value is -1.85. The van der Waals surface area contributed by atoms with Crippen molar-refractivity contribution in [3.63, 3.8) is 0 Å². The normalized spacial score (nSPS) is 11.4. The van der Waals surface area contributed by atoms with Crippen LogP contribution in [0, 0.1) is 6.92 Å². The zero-order chi connectivity index (χ0) is 17.6. The molecule has 124 valence electrons. The molecule has 0 spiro atoms. The van der Waals surface area contributed by atoms with E-state index in [2.05, 4.69) is 34.8 Å². The molecular weight excluding hydrogens is 392 g/mol. The number of hydrogen-bond donors (Lipinski definition) is 1. The van der Waals surface area contributed by atoms with Crippen LogP contribution < -0.4 is 11.1 Å². The number of benzene rings is 2. The van der Waals surface area contributed by atoms with Crippen LogP contribution in [0.2, 0.25) is 5.02 Å². The number of aryl methyl sites for hydroxylation is 1. The number of aromatic amines is 1. The molecule has 3 aromatic rings. The van der Waals surface area contributed by atoms with Gasteiger partial charge in [-0.15, -0.1) is 0 Å². The fourth-order valence-corrected chi connectivity index (χ4v) is 3.38. The molecule has 0 fully saturated rings. The van der Waals surface area contributed by atoms with E-state index in [0.29, 0.717) is 20.5 Å². The summed E-state index contributed by atoms with van der Waals surface area (Å²) in [5.74, 6) is 0.205. The van der Waals surface area contributed by atoms with E-state index in [9.17, 15) is 9.59 Å². The van der Waals surface area contributed by atoms with Crippen molar-refractivity contribution in [1.82, 2.24) is 9.55 Å². The molecule has 0 radical (unpaired) electrons. The number of H-pyrrole nitrogens is 1. The highest BCUT2D eigenvalue weighted by Gasteiger charge is 2.17. The summed E-state index contributed by atoms with van der Waals surface area (Å²) in [5.41, 5.74) is 2.55. The van der Waals surface area contributed by atoms with Gasteiger partial charge in [0.1, 0.15) is 0 Å². The highest BCUT2D eigenvalue weighted by molar-refractivity contribution is 9.10. The van der Waals surface area contributed by atoms with E-state index in [-0.39, 0.29) is 5.92 Å². The molecule has 2 aromatic carbocycles. The van der Waals surface area contributed by atoms with Crippen molar-refractivity contribution in [3.05, 3.63) is 71.7 Å². The molecule has 1 aromatic heterocycles. The molecule has 0 aliphatic heterocycles. The molecule has 0 aliphatic carbocycles. The first-order valence-electron chi connectivity index (χ1n) is 7.55. The summed E-state index contributed by atoms with van der Waals surface area (Å²) in [4.78, 5) is 27.5. The van der Waals surface area contributed by atoms with Crippen LogP contribution >= 0.6 is 27.5 Å². The van der Waals surface area contributed by atoms with Crippen LogP contribution in [0.1, 0.15) is 30.9 Å². The third kappa shape index (κ3) is 2.72. The van der Waals surface area contributed by atoms with E-state index in [1.165, 1.54) is 4.57 Å². The van der Waals surface area contributed by atoms with Crippen LogP contribution in [-0.2, 0) is 0 Å². The Labute approximate surface area is 152 Å². The van der Waals surface area contributed by atoms with Gasteiger partial charge in [-0.1, -0.05) is 43.6 Å². The molecule has 0 aliphatic rings. The lowest BCUT2D eigenvalue weighted by Crippen LogP contribution is -2.36. The molecule has 0 amide bonds. The Balaban J connectivity index is 2.57. The maximum atomic E-state index is 12.7. The zero-order valence-electron chi connectivity index (χ0n) is 13.5. The van der Waals surface area contributed by atoms with Gasteiger partial charge >= 0.3 is 11.1 Å². The minimum Gasteiger partial charge on any atom is -0.316 e. The van der Waals surface area contributed by atoms with Gasteiger partial charge in [0, 0.05) is 4.47 Å². The number of halogens is 2. The Morgan fingerprint density at radius 3 is 2.58 bits per heavy atom. The van der Waals surface area contributed by atoms with Crippen molar-refractivity contribution in [2.75, 3.05) is 0 Å². The van der Waals surface area contributed by atoms with E-state index >= 15 is 0 Å². The molecule has 4 nitrogen and oxygen atoms in total. The monoisotopic (exact) mass is 406 g/mol. The van der Waals surface area contributed by atoms with Crippen LogP contribution in [0.4, 0.5) is 0 Å². The zero-order valence-corrected chi connectivity index (χ0v) is 15.8. The van der Waals surface area contributed by atoms with E-state index in [4.69, 9.17) is 11.6 Å². The summed E-state index contributed by atoms with van der Waals surface area (Å²) in [6.07, 6.45) is 0. The maximum Gasteiger partial charge on any atom is 0.321 e. The van der Waals surface area contributed by atoms with Crippen LogP contribution in [-0.4, -0.2) is 9.55 Å². The molecule has 1 N–H and O–H groups in total. The maximum absolute atomic E-state index is 12.7. The largest absolute Gasteiger partial charge is 0.321 e. The highest BCUT2D eigenvalue weighted by Crippen LogP contribution is 2.30. The lowest BCUT2D eigenvalue weighted by Gasteiger charge is -2.19. The molecule has 0 atom stereocenters. The van der Waals surface area contributed by atoms with E-state index in [0.717, 1.165) is 16.8 Å². The number of rotatable bonds is 2. The minimum atomic E-state index is -0.668. The molecule has 0 unspecified atom stereocenters. The summed E-state index contributed by atoms with van der Waals surface area (Å²) < 4.78 is 2.15. The van der Waals surface area contributed by atoms with Gasteiger partial charge in [0.2, 0.25) is 0 Å². The predicted molar refractivity (Wildman–Crippen MR) is 102 cm³/mol. The SMILES string of the molecule is Cc1cccc(C(C)C)c1-n1c(=O)c(=O)[nH]c2cc(Cl)c(Br)cc21. The van der Waals surface area contributed by atoms with Crippen molar-refractivity contribution in [1.29, 1.82) is 0 Å². The predicted octanol–water partition coefficient (Wildman–Crippen LogP) is 4.53. The second kappa shape index (κ2) is 6.22. The summed E-state index contributed by atoms with van der Waals surface area (Å²) in [5, 5.41) is 0.470. The molecule has 1 heterocycles. The lowest BCUT2D eigenvalue weighted by atomic mass is 9.98. The van der Waals surface area contributed by atoms with Crippen LogP contribution in [0.25, 0.3) is 16.7 Å². The third-order valence-corrected chi connectivity index (χ3v) is 5.24. The fourth-order valence-electron chi connectivity index (χ4n) is 2.88. The summed E-state index contributed by atoms with van der Waals surface area (Å²) in [6.45, 7) is 6.06. The molecular formula is C18H16BrClN2O2. The second-order valence-corrected chi connectivity index (χ2v) is 7.31. The van der Waals surface area contributed by atoms with E-state index in [1.54, 1.807) is 12.1 Å². The first kappa shape index (κ1) is 17.0. The molecule has 0 bridgehead atoms. The standard InChI is InChI=1S/C18H16BrClN2O2/c1-9(2)11-6-4-5-10(3)16(11)22-15-7-12(19)13(20)8-14(15)21-17(23)18(22)24/h4-9H,1-3H3,(H,21,23). The summed E-state index contributed by atoms with van der Waals surface area (Å²) in [7, 11) is 0. The van der Waals surface area contributed by atoms with Crippen LogP contribution in [0.5, 0.6) is 0 Å². The van der Waals surface area contributed by atoms with Gasteiger partial charge in [0.25, 0.3) is 0 Å². The average molecular weight is 408 g/mol. The Morgan fingerprint density at radius 2 is 1.92 bits per heavy atom. The minimum absolute atomic E-state index is 0.205. The van der Waals surface area contributed by atoms with Gasteiger partial charge in [0.05, 0.1) is 21.7 Å². The van der Waals surface area contributed by atoms with Gasteiger partial charge in [-0.2, -0.15) is 0 Å². The van der Waals surface area contributed by atoms with Gasteiger partial charge in [-0.3, -0.25) is 14.2 Å². The number of aromatic nitrogens is 2. The average Bonchev–Trinajstić information content (AvgIpc) is 2.51. The smallest absolute Gasteiger partial charge is 0.316 e. The number of nitrogens with one attached hydrogen (secondary N) is 1. The number of hydrogen-bond acceptors (Lipinski definition) is 2. The first-order valence-corrected chi connectivity index (χ1v) is 8.72. The molecule has 6 heteroatoms. The van der Waals surface area contributed by atoms with Crippen LogP contribution in [0.3, 0.4) is 0 Å². The summed E-state index contributed by atoms with van der Waals surface area (Å²) >= 11 is 9.53. The van der Waals surface area contributed by atoms with Crippen molar-refractivity contribution in [3.8, 4) is 5.69 Å². The summed E-state index contributed by atoms with van der Waals surface area (Å²) in [6, 6.07) is 9.28. The lowest BCUT2D eigenvalue weighted by molar-refractivity contribution is 0.837. The molecule has 0 saturated carbocycles. The second-order valence-electron chi connectivity index (χ2n) is 6.05. The van der Waals surface area contributed by atoms with Crippen molar-refractivity contribution < 1.29 is 0 Å². The fraction of sp³-hybridized carbons (Fsp3) is 0.222. The van der Waals surface area contributed by atoms with Gasteiger partial charge in [-0.05, 0) is 52.0 Å². The Kier molecular flexibility index (Phi) is 4.40. The molecule has 3 rings (SSSR count). The number of nitrogens with zero attached hydrogens (tertiary/aromatic N) is 1. The van der Waals surface area contributed by atoms with Crippen LogP contribution in [0.15, 0.2) is 44.4 Å². The van der Waals surface area contributed by atoms with Gasteiger partial charge in [-0.25, -0.2) is 0 Å². The van der Waals surface area contributed by atoms with Crippen molar-refractivity contribution in [2.45, 2.75) is 26.7 Å².